The smallest absolute Gasteiger partial charge is 0.359 e. The van der Waals surface area contributed by atoms with Crippen molar-refractivity contribution in [1.29, 1.82) is 5.26 Å². The van der Waals surface area contributed by atoms with Gasteiger partial charge in [-0.2, -0.15) is 15.4 Å². The van der Waals surface area contributed by atoms with Gasteiger partial charge >= 0.3 is 13.9 Å². The van der Waals surface area contributed by atoms with Crippen LogP contribution in [0.1, 0.15) is 24.0 Å². The molecule has 0 saturated carbocycles. The fraction of sp³-hybridized carbons (Fsp3) is 0.304. The predicted molar refractivity (Wildman–Crippen MR) is 141 cm³/mol. The lowest BCUT2D eigenvalue weighted by molar-refractivity contribution is 0.0858. The molecule has 1 unspecified atom stereocenters. The van der Waals surface area contributed by atoms with Crippen LogP contribution in [0.15, 0.2) is 58.6 Å². The van der Waals surface area contributed by atoms with Crippen molar-refractivity contribution in [2.75, 3.05) is 27.4 Å². The maximum atomic E-state index is 14.8. The zero-order valence-electron chi connectivity index (χ0n) is 20.9. The molecule has 0 aromatic heterocycles. The van der Waals surface area contributed by atoms with Crippen LogP contribution in [-0.4, -0.2) is 64.1 Å². The molecule has 3 rings (SSSR count). The van der Waals surface area contributed by atoms with E-state index in [1.165, 1.54) is 7.05 Å². The van der Waals surface area contributed by atoms with E-state index in [1.807, 2.05) is 0 Å². The topological polar surface area (TPSA) is 163 Å². The van der Waals surface area contributed by atoms with E-state index in [4.69, 9.17) is 15.0 Å². The molecule has 2 aromatic rings. The fourth-order valence-corrected chi connectivity index (χ4v) is 5.43. The van der Waals surface area contributed by atoms with Gasteiger partial charge in [-0.3, -0.25) is 4.52 Å². The monoisotopic (exact) mass is 581 g/mol. The van der Waals surface area contributed by atoms with Gasteiger partial charge in [-0.1, -0.05) is 42.1 Å². The van der Waals surface area contributed by atoms with Gasteiger partial charge in [0, 0.05) is 26.2 Å². The number of nitriles is 1. The van der Waals surface area contributed by atoms with Crippen molar-refractivity contribution in [3.63, 3.8) is 0 Å². The highest BCUT2D eigenvalue weighted by Gasteiger charge is 2.49. The third-order valence-electron chi connectivity index (χ3n) is 5.49. The summed E-state index contributed by atoms with van der Waals surface area (Å²) in [6, 6.07) is 10.9. The second kappa shape index (κ2) is 13.0. The number of hydrazone groups is 1. The molecule has 1 aliphatic heterocycles. The lowest BCUT2D eigenvalue weighted by Gasteiger charge is -2.37. The fourth-order valence-electron chi connectivity index (χ4n) is 3.69. The summed E-state index contributed by atoms with van der Waals surface area (Å²) in [6.07, 6.45) is 2.31. The highest BCUT2D eigenvalue weighted by atomic mass is 32.2. The first kappa shape index (κ1) is 30.0. The summed E-state index contributed by atoms with van der Waals surface area (Å²) in [6.45, 7) is -0.439. The molecule has 1 atom stereocenters. The number of benzene rings is 2. The quantitative estimate of drug-likeness (QED) is 0.0871. The number of carbonyl (C=O) groups excluding carboxylic acids is 1. The molecule has 39 heavy (non-hydrogen) atoms. The molecule has 0 spiro atoms. The molecule has 0 fully saturated rings. The molecule has 208 valence electrons. The van der Waals surface area contributed by atoms with E-state index in [9.17, 15) is 18.1 Å². The zero-order chi connectivity index (χ0) is 28.6. The van der Waals surface area contributed by atoms with Crippen molar-refractivity contribution in [3.05, 3.63) is 71.3 Å². The van der Waals surface area contributed by atoms with E-state index >= 15 is 0 Å². The Hall–Kier alpha value is -3.54. The van der Waals surface area contributed by atoms with E-state index in [-0.39, 0.29) is 23.0 Å². The van der Waals surface area contributed by atoms with Crippen LogP contribution in [0.2, 0.25) is 0 Å². The van der Waals surface area contributed by atoms with Crippen molar-refractivity contribution in [2.45, 2.75) is 17.7 Å². The standard InChI is InChI=1S/C23H26F2N7O5PS/c1-27-21(29-14-26)28-12-6-11-23(16-7-4-3-5-8-16)32(22(33)31(2)15-37-38(34,35)36)30-20(39-23)18-13-17(24)9-10-19(18)25/h3-5,7-10,13H,6,11-12,15H2,1-2H3,(H2,27,28,29)(H2,34,35,36). The van der Waals surface area contributed by atoms with Gasteiger partial charge in [0.1, 0.15) is 28.3 Å². The Morgan fingerprint density at radius 1 is 1.31 bits per heavy atom. The number of thioether (sulfide) groups is 1. The van der Waals surface area contributed by atoms with Crippen molar-refractivity contribution in [1.82, 2.24) is 20.5 Å². The number of hydrogen-bond donors (Lipinski definition) is 4. The first-order valence-corrected chi connectivity index (χ1v) is 13.8. The molecule has 2 aromatic carbocycles. The Bertz CT molecular complexity index is 1340. The van der Waals surface area contributed by atoms with Crippen molar-refractivity contribution < 1.29 is 32.5 Å². The van der Waals surface area contributed by atoms with E-state index in [1.54, 1.807) is 43.6 Å². The van der Waals surface area contributed by atoms with Crippen LogP contribution in [0.4, 0.5) is 13.6 Å². The van der Waals surface area contributed by atoms with Crippen LogP contribution in [0, 0.1) is 23.1 Å². The van der Waals surface area contributed by atoms with E-state index in [0.29, 0.717) is 18.5 Å². The Kier molecular flexibility index (Phi) is 10.0. The average molecular weight is 582 g/mol. The van der Waals surface area contributed by atoms with Gasteiger partial charge in [0.05, 0.1) is 0 Å². The van der Waals surface area contributed by atoms with Gasteiger partial charge in [0.25, 0.3) is 0 Å². The van der Waals surface area contributed by atoms with Crippen LogP contribution >= 0.6 is 19.6 Å². The SMILES string of the molecule is CN/C(=N/C#N)NCCCC1(c2ccccc2)SC(c2cc(F)ccc2F)=NN1C(=O)N(C)COP(=O)(O)O. The number of nitrogens with one attached hydrogen (secondary N) is 2. The Labute approximate surface area is 227 Å². The summed E-state index contributed by atoms with van der Waals surface area (Å²) in [4.78, 5) is 35.0. The molecule has 12 nitrogen and oxygen atoms in total. The Morgan fingerprint density at radius 3 is 2.67 bits per heavy atom. The summed E-state index contributed by atoms with van der Waals surface area (Å²) in [7, 11) is -2.04. The van der Waals surface area contributed by atoms with Gasteiger partial charge in [-0.15, -0.1) is 4.99 Å². The van der Waals surface area contributed by atoms with E-state index in [2.05, 4.69) is 25.3 Å². The molecule has 2 amide bonds. The molecular formula is C23H26F2N7O5PS. The predicted octanol–water partition coefficient (Wildman–Crippen LogP) is 3.07. The van der Waals surface area contributed by atoms with Gasteiger partial charge < -0.3 is 25.3 Å². The molecule has 4 N–H and O–H groups in total. The number of halogens is 2. The minimum absolute atomic E-state index is 0.0309. The first-order chi connectivity index (χ1) is 18.5. The van der Waals surface area contributed by atoms with Crippen LogP contribution < -0.4 is 10.6 Å². The van der Waals surface area contributed by atoms with Gasteiger partial charge in [-0.05, 0) is 36.6 Å². The van der Waals surface area contributed by atoms with Crippen molar-refractivity contribution in [3.8, 4) is 6.19 Å². The molecule has 0 radical (unpaired) electrons. The summed E-state index contributed by atoms with van der Waals surface area (Å²) < 4.78 is 44.5. The molecule has 0 saturated heterocycles. The van der Waals surface area contributed by atoms with Gasteiger partial charge in [-0.25, -0.2) is 18.1 Å². The maximum Gasteiger partial charge on any atom is 0.471 e. The van der Waals surface area contributed by atoms with Crippen LogP contribution in [0.3, 0.4) is 0 Å². The summed E-state index contributed by atoms with van der Waals surface area (Å²) in [5.74, 6) is -1.20. The minimum atomic E-state index is -4.89. The first-order valence-electron chi connectivity index (χ1n) is 11.4. The van der Waals surface area contributed by atoms with E-state index < -0.39 is 37.1 Å². The van der Waals surface area contributed by atoms with Gasteiger partial charge in [0.2, 0.25) is 12.2 Å². The van der Waals surface area contributed by atoms with Crippen LogP contribution in [0.5, 0.6) is 0 Å². The molecule has 16 heteroatoms. The molecule has 1 aliphatic rings. The van der Waals surface area contributed by atoms with E-state index in [0.717, 1.165) is 39.9 Å². The highest BCUT2D eigenvalue weighted by molar-refractivity contribution is 8.15. The minimum Gasteiger partial charge on any atom is -0.359 e. The Balaban J connectivity index is 2.03. The number of hydrogen-bond acceptors (Lipinski definition) is 7. The number of phosphoric ester groups is 1. The van der Waals surface area contributed by atoms with Gasteiger partial charge in [0.15, 0.2) is 0 Å². The van der Waals surface area contributed by atoms with Crippen LogP contribution in [0.25, 0.3) is 0 Å². The number of nitrogens with zero attached hydrogens (tertiary/aromatic N) is 5. The highest BCUT2D eigenvalue weighted by Crippen LogP contribution is 2.51. The molecule has 1 heterocycles. The molecule has 0 bridgehead atoms. The summed E-state index contributed by atoms with van der Waals surface area (Å²) in [5, 5.41) is 20.0. The lowest BCUT2D eigenvalue weighted by atomic mass is 10.0. The van der Waals surface area contributed by atoms with Crippen molar-refractivity contribution in [2.24, 2.45) is 10.1 Å². The number of phosphoric acid groups is 1. The summed E-state index contributed by atoms with van der Waals surface area (Å²) in [5.41, 5.74) is 0.462. The van der Waals surface area contributed by atoms with Crippen LogP contribution in [-0.2, 0) is 14.0 Å². The number of guanidine groups is 1. The number of amides is 2. The number of rotatable bonds is 9. The third kappa shape index (κ3) is 7.53. The number of urea groups is 1. The van der Waals surface area contributed by atoms with Crippen molar-refractivity contribution >= 4 is 36.6 Å². The zero-order valence-corrected chi connectivity index (χ0v) is 22.6. The lowest BCUT2D eigenvalue weighted by Crippen LogP contribution is -2.48. The number of aliphatic imine (C=N–C) groups is 1. The second-order valence-electron chi connectivity index (χ2n) is 8.16. The molecule has 0 aliphatic carbocycles. The number of carbonyl (C=O) groups is 1. The molecular weight excluding hydrogens is 555 g/mol. The second-order valence-corrected chi connectivity index (χ2v) is 10.7. The largest absolute Gasteiger partial charge is 0.471 e. The normalized spacial score (nSPS) is 17.4. The third-order valence-corrected chi connectivity index (χ3v) is 7.39. The average Bonchev–Trinajstić information content (AvgIpc) is 3.30. The maximum absolute atomic E-state index is 14.8. The Morgan fingerprint density at radius 2 is 2.03 bits per heavy atom. The summed E-state index contributed by atoms with van der Waals surface area (Å²) >= 11 is 1.04.